The first kappa shape index (κ1) is 13.8. The first-order valence-corrected chi connectivity index (χ1v) is 6.19. The molecule has 0 bridgehead atoms. The zero-order valence-corrected chi connectivity index (χ0v) is 10.8. The number of hydrogen-bond donors (Lipinski definition) is 1. The van der Waals surface area contributed by atoms with Crippen molar-refractivity contribution in [3.8, 4) is 0 Å². The van der Waals surface area contributed by atoms with Crippen LogP contribution in [0.4, 0.5) is 4.39 Å². The van der Waals surface area contributed by atoms with Gasteiger partial charge in [-0.1, -0.05) is 17.7 Å². The number of alkyl halides is 1. The van der Waals surface area contributed by atoms with Crippen LogP contribution in [0.15, 0.2) is 18.2 Å². The van der Waals surface area contributed by atoms with Crippen LogP contribution in [0.5, 0.6) is 0 Å². The van der Waals surface area contributed by atoms with Gasteiger partial charge in [0.25, 0.3) is 0 Å². The maximum absolute atomic E-state index is 12.8. The third-order valence-electron chi connectivity index (χ3n) is 2.29. The molecule has 0 aromatic heterocycles. The van der Waals surface area contributed by atoms with Gasteiger partial charge in [0.1, 0.15) is 5.82 Å². The van der Waals surface area contributed by atoms with Crippen molar-refractivity contribution in [3.05, 3.63) is 34.6 Å². The van der Waals surface area contributed by atoms with Gasteiger partial charge in [0.15, 0.2) is 0 Å². The highest BCUT2D eigenvalue weighted by atomic mass is 35.5. The number of nitrogens with one attached hydrogen (secondary N) is 1. The van der Waals surface area contributed by atoms with E-state index >= 15 is 0 Å². The van der Waals surface area contributed by atoms with E-state index in [1.165, 1.54) is 12.1 Å². The number of halogens is 3. The highest BCUT2D eigenvalue weighted by molar-refractivity contribution is 6.31. The van der Waals surface area contributed by atoms with Gasteiger partial charge in [0, 0.05) is 16.9 Å². The SMILES string of the molecule is CC(Cl)CCCNCc1ccc(F)cc1Cl. The van der Waals surface area contributed by atoms with Gasteiger partial charge in [-0.3, -0.25) is 0 Å². The van der Waals surface area contributed by atoms with Crippen LogP contribution in [0.1, 0.15) is 25.3 Å². The molecule has 4 heteroatoms. The molecule has 0 heterocycles. The van der Waals surface area contributed by atoms with Crippen LogP contribution < -0.4 is 5.32 Å². The van der Waals surface area contributed by atoms with Crippen molar-refractivity contribution < 1.29 is 4.39 Å². The van der Waals surface area contributed by atoms with Gasteiger partial charge in [0.05, 0.1) is 0 Å². The van der Waals surface area contributed by atoms with Crippen molar-refractivity contribution in [3.63, 3.8) is 0 Å². The van der Waals surface area contributed by atoms with E-state index in [1.54, 1.807) is 6.07 Å². The van der Waals surface area contributed by atoms with E-state index in [-0.39, 0.29) is 11.2 Å². The summed E-state index contributed by atoms with van der Waals surface area (Å²) in [6.45, 7) is 3.54. The minimum Gasteiger partial charge on any atom is -0.313 e. The molecule has 16 heavy (non-hydrogen) atoms. The topological polar surface area (TPSA) is 12.0 Å². The van der Waals surface area contributed by atoms with Crippen LogP contribution >= 0.6 is 23.2 Å². The second-order valence-electron chi connectivity index (χ2n) is 3.84. The maximum Gasteiger partial charge on any atom is 0.124 e. The molecule has 1 N–H and O–H groups in total. The summed E-state index contributed by atoms with van der Waals surface area (Å²) in [6.07, 6.45) is 2.02. The molecule has 0 saturated carbocycles. The van der Waals surface area contributed by atoms with Crippen LogP contribution in [-0.2, 0) is 6.54 Å². The average molecular weight is 264 g/mol. The summed E-state index contributed by atoms with van der Waals surface area (Å²) in [5.74, 6) is -0.301. The number of hydrogen-bond acceptors (Lipinski definition) is 1. The lowest BCUT2D eigenvalue weighted by atomic mass is 10.2. The summed E-state index contributed by atoms with van der Waals surface area (Å²) < 4.78 is 12.8. The zero-order valence-electron chi connectivity index (χ0n) is 9.27. The Balaban J connectivity index is 2.27. The van der Waals surface area contributed by atoms with E-state index in [0.717, 1.165) is 24.9 Å². The predicted octanol–water partition coefficient (Wildman–Crippen LogP) is 3.98. The zero-order chi connectivity index (χ0) is 12.0. The highest BCUT2D eigenvalue weighted by Crippen LogP contribution is 2.16. The Morgan fingerprint density at radius 3 is 2.81 bits per heavy atom. The minimum absolute atomic E-state index is 0.219. The van der Waals surface area contributed by atoms with Gasteiger partial charge in [-0.25, -0.2) is 4.39 Å². The molecule has 1 nitrogen and oxygen atoms in total. The molecule has 1 aromatic carbocycles. The van der Waals surface area contributed by atoms with E-state index in [2.05, 4.69) is 5.32 Å². The third kappa shape index (κ3) is 5.15. The van der Waals surface area contributed by atoms with Crippen molar-refractivity contribution in [2.45, 2.75) is 31.7 Å². The molecule has 0 spiro atoms. The lowest BCUT2D eigenvalue weighted by Gasteiger charge is -2.07. The fourth-order valence-corrected chi connectivity index (χ4v) is 1.78. The molecule has 0 fully saturated rings. The van der Waals surface area contributed by atoms with Gasteiger partial charge in [-0.2, -0.15) is 0 Å². The van der Waals surface area contributed by atoms with E-state index in [9.17, 15) is 4.39 Å². The van der Waals surface area contributed by atoms with Crippen LogP contribution in [0, 0.1) is 5.82 Å². The quantitative estimate of drug-likeness (QED) is 0.605. The Hall–Kier alpha value is -0.310. The average Bonchev–Trinajstić information content (AvgIpc) is 2.20. The first-order valence-electron chi connectivity index (χ1n) is 5.38. The summed E-state index contributed by atoms with van der Waals surface area (Å²) >= 11 is 11.7. The van der Waals surface area contributed by atoms with E-state index in [4.69, 9.17) is 23.2 Å². The molecule has 1 unspecified atom stereocenters. The standard InChI is InChI=1S/C12H16Cl2FN/c1-9(13)3-2-6-16-8-10-4-5-11(15)7-12(10)14/h4-5,7,9,16H,2-3,6,8H2,1H3. The second-order valence-corrected chi connectivity index (χ2v) is 4.99. The van der Waals surface area contributed by atoms with E-state index < -0.39 is 0 Å². The van der Waals surface area contributed by atoms with Crippen LogP contribution in [0.3, 0.4) is 0 Å². The third-order valence-corrected chi connectivity index (χ3v) is 2.86. The van der Waals surface area contributed by atoms with Gasteiger partial charge >= 0.3 is 0 Å². The van der Waals surface area contributed by atoms with Crippen molar-refractivity contribution >= 4 is 23.2 Å². The predicted molar refractivity (Wildman–Crippen MR) is 67.7 cm³/mol. The first-order chi connectivity index (χ1) is 7.59. The Morgan fingerprint density at radius 1 is 1.44 bits per heavy atom. The molecule has 1 aromatic rings. The molecule has 0 saturated heterocycles. The molecule has 0 amide bonds. The van der Waals surface area contributed by atoms with Gasteiger partial charge in [0.2, 0.25) is 0 Å². The van der Waals surface area contributed by atoms with E-state index in [1.807, 2.05) is 6.92 Å². The molecule has 1 atom stereocenters. The van der Waals surface area contributed by atoms with Gasteiger partial charge < -0.3 is 5.32 Å². The summed E-state index contributed by atoms with van der Waals surface area (Å²) in [4.78, 5) is 0. The number of rotatable bonds is 6. The molecule has 90 valence electrons. The normalized spacial score (nSPS) is 12.8. The summed E-state index contributed by atoms with van der Waals surface area (Å²) in [5.41, 5.74) is 0.919. The largest absolute Gasteiger partial charge is 0.313 e. The molecule has 0 radical (unpaired) electrons. The maximum atomic E-state index is 12.8. The molecule has 1 rings (SSSR count). The monoisotopic (exact) mass is 263 g/mol. The van der Waals surface area contributed by atoms with Crippen molar-refractivity contribution in [2.24, 2.45) is 0 Å². The molecular formula is C12H16Cl2FN. The molecular weight excluding hydrogens is 248 g/mol. The summed E-state index contributed by atoms with van der Waals surface area (Å²) in [5, 5.41) is 3.94. The lowest BCUT2D eigenvalue weighted by Crippen LogP contribution is -2.15. The van der Waals surface area contributed by atoms with Crippen LogP contribution in [0.2, 0.25) is 5.02 Å². The second kappa shape index (κ2) is 7.10. The Labute approximate surface area is 106 Å². The molecule has 0 aliphatic heterocycles. The highest BCUT2D eigenvalue weighted by Gasteiger charge is 2.01. The van der Waals surface area contributed by atoms with Crippen LogP contribution in [0.25, 0.3) is 0 Å². The van der Waals surface area contributed by atoms with E-state index in [0.29, 0.717) is 11.6 Å². The Morgan fingerprint density at radius 2 is 2.19 bits per heavy atom. The Kier molecular flexibility index (Phi) is 6.10. The molecule has 0 aliphatic rings. The van der Waals surface area contributed by atoms with Crippen molar-refractivity contribution in [1.82, 2.24) is 5.32 Å². The summed E-state index contributed by atoms with van der Waals surface area (Å²) in [7, 11) is 0. The smallest absolute Gasteiger partial charge is 0.124 e. The summed E-state index contributed by atoms with van der Waals surface area (Å²) in [6, 6.07) is 4.46. The fraction of sp³-hybridized carbons (Fsp3) is 0.500. The minimum atomic E-state index is -0.301. The van der Waals surface area contributed by atoms with Crippen LogP contribution in [-0.4, -0.2) is 11.9 Å². The lowest BCUT2D eigenvalue weighted by molar-refractivity contribution is 0.613. The number of benzene rings is 1. The fourth-order valence-electron chi connectivity index (χ4n) is 1.40. The van der Waals surface area contributed by atoms with Crippen molar-refractivity contribution in [1.29, 1.82) is 0 Å². The van der Waals surface area contributed by atoms with Crippen molar-refractivity contribution in [2.75, 3.05) is 6.54 Å². The Bertz CT molecular complexity index is 329. The molecule has 0 aliphatic carbocycles. The van der Waals surface area contributed by atoms with Gasteiger partial charge in [-0.15, -0.1) is 11.6 Å². The van der Waals surface area contributed by atoms with Gasteiger partial charge in [-0.05, 0) is 44.0 Å².